The molecule has 0 aromatic heterocycles. The summed E-state index contributed by atoms with van der Waals surface area (Å²) in [6.07, 6.45) is -0.254. The summed E-state index contributed by atoms with van der Waals surface area (Å²) in [6.45, 7) is 9.60. The third-order valence-corrected chi connectivity index (χ3v) is 4.75. The number of fused-ring (bicyclic) bond motifs is 1. The van der Waals surface area contributed by atoms with Crippen molar-refractivity contribution in [2.45, 2.75) is 26.0 Å². The molecule has 2 aromatic rings. The number of piperazine rings is 1. The largest absolute Gasteiger partial charge is 0.492 e. The highest BCUT2D eigenvalue weighted by Crippen LogP contribution is 2.20. The van der Waals surface area contributed by atoms with E-state index in [4.69, 9.17) is 4.74 Å². The van der Waals surface area contributed by atoms with Gasteiger partial charge in [-0.1, -0.05) is 30.3 Å². The minimum Gasteiger partial charge on any atom is -0.492 e. The molecular weight excluding hydrogens is 300 g/mol. The van der Waals surface area contributed by atoms with Crippen molar-refractivity contribution in [2.75, 3.05) is 39.3 Å². The number of aliphatic hydroxyl groups is 1. The van der Waals surface area contributed by atoms with Gasteiger partial charge in [0.05, 0.1) is 6.10 Å². The molecule has 24 heavy (non-hydrogen) atoms. The number of ether oxygens (including phenoxy) is 1. The van der Waals surface area contributed by atoms with Crippen molar-refractivity contribution in [3.63, 3.8) is 0 Å². The maximum absolute atomic E-state index is 9.56. The number of β-amino-alcohol motifs (C(OH)–C–C–N with tert-alkyl or cyclic N) is 1. The van der Waals surface area contributed by atoms with Crippen LogP contribution < -0.4 is 4.74 Å². The van der Waals surface area contributed by atoms with E-state index in [1.165, 1.54) is 10.8 Å². The van der Waals surface area contributed by atoms with Crippen molar-refractivity contribution in [3.05, 3.63) is 42.5 Å². The van der Waals surface area contributed by atoms with Crippen LogP contribution in [-0.2, 0) is 0 Å². The third-order valence-electron chi connectivity index (χ3n) is 4.75. The van der Waals surface area contributed by atoms with Crippen LogP contribution in [0.25, 0.3) is 10.8 Å². The Hall–Kier alpha value is -1.62. The van der Waals surface area contributed by atoms with Gasteiger partial charge in [-0.15, -0.1) is 0 Å². The fourth-order valence-corrected chi connectivity index (χ4v) is 3.43. The number of nitrogens with zero attached hydrogens (tertiary/aromatic N) is 2. The molecule has 0 spiro atoms. The molecule has 0 saturated carbocycles. The molecule has 1 aliphatic heterocycles. The Kier molecular flexibility index (Phi) is 5.72. The molecule has 1 saturated heterocycles. The molecule has 0 bridgehead atoms. The van der Waals surface area contributed by atoms with E-state index >= 15 is 0 Å². The van der Waals surface area contributed by atoms with Gasteiger partial charge in [0.1, 0.15) is 12.4 Å². The van der Waals surface area contributed by atoms with Crippen molar-refractivity contribution in [1.82, 2.24) is 9.80 Å². The van der Waals surface area contributed by atoms with Crippen molar-refractivity contribution in [1.29, 1.82) is 0 Å². The van der Waals surface area contributed by atoms with Gasteiger partial charge in [-0.2, -0.15) is 0 Å². The SMILES string of the molecule is CC(O)CN1CCN(CCOc2ccc3ccccc3c2)CC1C. The maximum Gasteiger partial charge on any atom is 0.120 e. The van der Waals surface area contributed by atoms with Crippen molar-refractivity contribution in [3.8, 4) is 5.75 Å². The van der Waals surface area contributed by atoms with Crippen LogP contribution >= 0.6 is 0 Å². The first-order valence-corrected chi connectivity index (χ1v) is 8.88. The summed E-state index contributed by atoms with van der Waals surface area (Å²) in [6, 6.07) is 15.1. The number of aliphatic hydroxyl groups excluding tert-OH is 1. The van der Waals surface area contributed by atoms with Gasteiger partial charge in [-0.25, -0.2) is 0 Å². The Bertz CT molecular complexity index is 659. The Labute approximate surface area is 144 Å². The number of hydrogen-bond donors (Lipinski definition) is 1. The highest BCUT2D eigenvalue weighted by Gasteiger charge is 2.24. The van der Waals surface area contributed by atoms with E-state index in [0.29, 0.717) is 12.6 Å². The van der Waals surface area contributed by atoms with Crippen LogP contribution in [0, 0.1) is 0 Å². The van der Waals surface area contributed by atoms with Crippen LogP contribution in [-0.4, -0.2) is 66.4 Å². The minimum absolute atomic E-state index is 0.254. The van der Waals surface area contributed by atoms with Gasteiger partial charge < -0.3 is 9.84 Å². The van der Waals surface area contributed by atoms with E-state index in [9.17, 15) is 5.11 Å². The summed E-state index contributed by atoms with van der Waals surface area (Å²) >= 11 is 0. The zero-order valence-corrected chi connectivity index (χ0v) is 14.7. The van der Waals surface area contributed by atoms with Gasteiger partial charge in [0.15, 0.2) is 0 Å². The first-order valence-electron chi connectivity index (χ1n) is 8.88. The standard InChI is InChI=1S/C20H28N2O2/c1-16-14-21(9-10-22(16)15-17(2)23)11-12-24-20-8-7-18-5-3-4-6-19(18)13-20/h3-8,13,16-17,23H,9-12,14-15H2,1-2H3. The van der Waals surface area contributed by atoms with Crippen LogP contribution in [0.15, 0.2) is 42.5 Å². The van der Waals surface area contributed by atoms with Crippen molar-refractivity contribution < 1.29 is 9.84 Å². The fourth-order valence-electron chi connectivity index (χ4n) is 3.43. The average molecular weight is 328 g/mol. The molecule has 1 aliphatic rings. The summed E-state index contributed by atoms with van der Waals surface area (Å²) in [5.74, 6) is 0.939. The summed E-state index contributed by atoms with van der Waals surface area (Å²) in [5, 5.41) is 12.0. The van der Waals surface area contributed by atoms with Crippen molar-refractivity contribution >= 4 is 10.8 Å². The normalized spacial score (nSPS) is 21.0. The van der Waals surface area contributed by atoms with E-state index in [0.717, 1.165) is 38.5 Å². The van der Waals surface area contributed by atoms with Gasteiger partial charge >= 0.3 is 0 Å². The zero-order chi connectivity index (χ0) is 16.9. The Balaban J connectivity index is 1.46. The average Bonchev–Trinajstić information content (AvgIpc) is 2.57. The molecule has 1 N–H and O–H groups in total. The molecule has 1 fully saturated rings. The predicted molar refractivity (Wildman–Crippen MR) is 98.6 cm³/mol. The lowest BCUT2D eigenvalue weighted by atomic mass is 10.1. The number of rotatable bonds is 6. The van der Waals surface area contributed by atoms with Crippen LogP contribution in [0.2, 0.25) is 0 Å². The van der Waals surface area contributed by atoms with Gasteiger partial charge in [0.2, 0.25) is 0 Å². The van der Waals surface area contributed by atoms with Gasteiger partial charge in [-0.3, -0.25) is 9.80 Å². The van der Waals surface area contributed by atoms with E-state index in [-0.39, 0.29) is 6.10 Å². The Morgan fingerprint density at radius 1 is 1.17 bits per heavy atom. The summed E-state index contributed by atoms with van der Waals surface area (Å²) in [4.78, 5) is 4.82. The number of benzene rings is 2. The highest BCUT2D eigenvalue weighted by molar-refractivity contribution is 5.83. The molecule has 3 rings (SSSR count). The topological polar surface area (TPSA) is 35.9 Å². The summed E-state index contributed by atoms with van der Waals surface area (Å²) in [5.41, 5.74) is 0. The van der Waals surface area contributed by atoms with Crippen molar-refractivity contribution in [2.24, 2.45) is 0 Å². The second kappa shape index (κ2) is 7.97. The monoisotopic (exact) mass is 328 g/mol. The summed E-state index contributed by atoms with van der Waals surface area (Å²) in [7, 11) is 0. The first-order chi connectivity index (χ1) is 11.6. The van der Waals surface area contributed by atoms with Crippen LogP contribution in [0.4, 0.5) is 0 Å². The minimum atomic E-state index is -0.254. The molecule has 0 amide bonds. The zero-order valence-electron chi connectivity index (χ0n) is 14.7. The second-order valence-corrected chi connectivity index (χ2v) is 6.85. The van der Waals surface area contributed by atoms with E-state index in [2.05, 4.69) is 53.1 Å². The first kappa shape index (κ1) is 17.2. The molecule has 130 valence electrons. The maximum atomic E-state index is 9.56. The van der Waals surface area contributed by atoms with E-state index in [1.807, 2.05) is 13.0 Å². The highest BCUT2D eigenvalue weighted by atomic mass is 16.5. The lowest BCUT2D eigenvalue weighted by Crippen LogP contribution is -2.54. The molecule has 0 radical (unpaired) electrons. The Morgan fingerprint density at radius 2 is 1.96 bits per heavy atom. The quantitative estimate of drug-likeness (QED) is 0.884. The third kappa shape index (κ3) is 4.47. The fraction of sp³-hybridized carbons (Fsp3) is 0.500. The van der Waals surface area contributed by atoms with E-state index < -0.39 is 0 Å². The molecule has 4 heteroatoms. The van der Waals surface area contributed by atoms with Crippen LogP contribution in [0.5, 0.6) is 5.75 Å². The predicted octanol–water partition coefficient (Wildman–Crippen LogP) is 2.61. The van der Waals surface area contributed by atoms with Crippen LogP contribution in [0.1, 0.15) is 13.8 Å². The van der Waals surface area contributed by atoms with Gasteiger partial charge in [-0.05, 0) is 36.8 Å². The lowest BCUT2D eigenvalue weighted by molar-refractivity contribution is 0.0405. The summed E-state index contributed by atoms with van der Waals surface area (Å²) < 4.78 is 5.95. The van der Waals surface area contributed by atoms with E-state index in [1.54, 1.807) is 0 Å². The molecule has 1 heterocycles. The lowest BCUT2D eigenvalue weighted by Gasteiger charge is -2.40. The van der Waals surface area contributed by atoms with Gasteiger partial charge in [0.25, 0.3) is 0 Å². The molecule has 2 atom stereocenters. The molecular formula is C20H28N2O2. The molecule has 0 aliphatic carbocycles. The van der Waals surface area contributed by atoms with Crippen LogP contribution in [0.3, 0.4) is 0 Å². The second-order valence-electron chi connectivity index (χ2n) is 6.85. The molecule has 4 nitrogen and oxygen atoms in total. The molecule has 2 unspecified atom stereocenters. The Morgan fingerprint density at radius 3 is 2.71 bits per heavy atom. The van der Waals surface area contributed by atoms with Gasteiger partial charge in [0, 0.05) is 38.8 Å². The smallest absolute Gasteiger partial charge is 0.120 e. The number of hydrogen-bond acceptors (Lipinski definition) is 4. The molecule has 2 aromatic carbocycles.